The summed E-state index contributed by atoms with van der Waals surface area (Å²) in [5, 5.41) is 0.191. The number of alkyl halides is 1. The number of carbonyl (C=O) groups is 1. The van der Waals surface area contributed by atoms with Crippen molar-refractivity contribution in [3.63, 3.8) is 0 Å². The molecule has 0 aromatic heterocycles. The van der Waals surface area contributed by atoms with E-state index in [1.807, 2.05) is 24.3 Å². The Hall–Kier alpha value is -0.703. The Balaban J connectivity index is 2.51. The van der Waals surface area contributed by atoms with Crippen LogP contribution in [0.5, 0.6) is 5.75 Å². The fourth-order valence-electron chi connectivity index (χ4n) is 2.30. The highest BCUT2D eigenvalue weighted by molar-refractivity contribution is 14.1. The Labute approximate surface area is 185 Å². The summed E-state index contributed by atoms with van der Waals surface area (Å²) in [5.41, 5.74) is 2.21. The molecule has 28 heavy (non-hydrogen) atoms. The lowest BCUT2D eigenvalue weighted by Crippen LogP contribution is -2.41. The summed E-state index contributed by atoms with van der Waals surface area (Å²) >= 11 is 2.11. The van der Waals surface area contributed by atoms with E-state index in [2.05, 4.69) is 56.5 Å². The van der Waals surface area contributed by atoms with Crippen molar-refractivity contribution in [2.24, 2.45) is 0 Å². The average Bonchev–Trinajstić information content (AvgIpc) is 2.64. The SMILES string of the molecule is COc1ccc(COCC/C(=C/C(=O)CI)CCO[Si](C)(C)C(C)(C)C)cc1. The molecule has 4 nitrogen and oxygen atoms in total. The van der Waals surface area contributed by atoms with Gasteiger partial charge in [-0.2, -0.15) is 0 Å². The van der Waals surface area contributed by atoms with Crippen LogP contribution >= 0.6 is 22.6 Å². The van der Waals surface area contributed by atoms with Crippen LogP contribution in [0.15, 0.2) is 35.9 Å². The lowest BCUT2D eigenvalue weighted by atomic mass is 10.1. The average molecular weight is 519 g/mol. The molecule has 0 aliphatic heterocycles. The van der Waals surface area contributed by atoms with E-state index >= 15 is 0 Å². The molecule has 0 fully saturated rings. The standard InChI is InChI=1S/C22H35IO4Si/c1-22(2,3)28(5,6)27-14-12-18(15-20(24)16-23)11-13-26-17-19-7-9-21(25-4)10-8-19/h7-10,15H,11-14,16-17H2,1-6H3/b18-15-. The van der Waals surface area contributed by atoms with E-state index in [0.29, 0.717) is 24.2 Å². The fourth-order valence-corrected chi connectivity index (χ4v) is 3.57. The third kappa shape index (κ3) is 9.20. The van der Waals surface area contributed by atoms with Gasteiger partial charge in [-0.05, 0) is 54.7 Å². The molecule has 0 unspecified atom stereocenters. The Morgan fingerprint density at radius 1 is 1.11 bits per heavy atom. The van der Waals surface area contributed by atoms with Crippen molar-refractivity contribution in [2.75, 3.05) is 24.8 Å². The largest absolute Gasteiger partial charge is 0.497 e. The number of ether oxygens (including phenoxy) is 2. The van der Waals surface area contributed by atoms with Gasteiger partial charge < -0.3 is 13.9 Å². The number of allylic oxidation sites excluding steroid dienone is 1. The predicted molar refractivity (Wildman–Crippen MR) is 127 cm³/mol. The molecule has 0 spiro atoms. The monoisotopic (exact) mass is 518 g/mol. The summed E-state index contributed by atoms with van der Waals surface area (Å²) in [4.78, 5) is 11.9. The first kappa shape index (κ1) is 25.3. The van der Waals surface area contributed by atoms with Gasteiger partial charge in [-0.15, -0.1) is 0 Å². The quantitative estimate of drug-likeness (QED) is 0.113. The van der Waals surface area contributed by atoms with Crippen LogP contribution in [0.1, 0.15) is 39.2 Å². The third-order valence-electron chi connectivity index (χ3n) is 5.18. The van der Waals surface area contributed by atoms with Crippen molar-refractivity contribution < 1.29 is 18.7 Å². The molecule has 0 bridgehead atoms. The van der Waals surface area contributed by atoms with Crippen LogP contribution in [-0.2, 0) is 20.6 Å². The van der Waals surface area contributed by atoms with E-state index in [0.717, 1.165) is 29.7 Å². The number of rotatable bonds is 12. The highest BCUT2D eigenvalue weighted by Crippen LogP contribution is 2.36. The number of hydrogen-bond donors (Lipinski definition) is 0. The highest BCUT2D eigenvalue weighted by atomic mass is 127. The van der Waals surface area contributed by atoms with Gasteiger partial charge in [0.2, 0.25) is 0 Å². The molecule has 158 valence electrons. The summed E-state index contributed by atoms with van der Waals surface area (Å²) in [6.07, 6.45) is 3.30. The van der Waals surface area contributed by atoms with Crippen LogP contribution < -0.4 is 4.74 Å². The lowest BCUT2D eigenvalue weighted by Gasteiger charge is -2.36. The zero-order valence-electron chi connectivity index (χ0n) is 18.1. The van der Waals surface area contributed by atoms with E-state index in [1.165, 1.54) is 0 Å². The van der Waals surface area contributed by atoms with Crippen LogP contribution in [0.4, 0.5) is 0 Å². The van der Waals surface area contributed by atoms with Crippen molar-refractivity contribution >= 4 is 36.7 Å². The van der Waals surface area contributed by atoms with Gasteiger partial charge in [-0.25, -0.2) is 0 Å². The smallest absolute Gasteiger partial charge is 0.191 e. The fraction of sp³-hybridized carbons (Fsp3) is 0.591. The van der Waals surface area contributed by atoms with Crippen LogP contribution in [0.25, 0.3) is 0 Å². The molecular formula is C22H35IO4Si. The Morgan fingerprint density at radius 2 is 1.71 bits per heavy atom. The summed E-state index contributed by atoms with van der Waals surface area (Å²) in [5.74, 6) is 0.992. The first-order valence-electron chi connectivity index (χ1n) is 9.72. The molecule has 1 aromatic carbocycles. The molecule has 0 atom stereocenters. The van der Waals surface area contributed by atoms with E-state index in [1.54, 1.807) is 13.2 Å². The van der Waals surface area contributed by atoms with Gasteiger partial charge in [0.1, 0.15) is 5.75 Å². The first-order chi connectivity index (χ1) is 13.1. The van der Waals surface area contributed by atoms with Gasteiger partial charge in [-0.3, -0.25) is 4.79 Å². The lowest BCUT2D eigenvalue weighted by molar-refractivity contribution is -0.112. The molecule has 0 radical (unpaired) electrons. The van der Waals surface area contributed by atoms with Crippen LogP contribution in [0.2, 0.25) is 18.1 Å². The second-order valence-corrected chi connectivity index (χ2v) is 14.0. The Morgan fingerprint density at radius 3 is 2.25 bits per heavy atom. The molecule has 1 aromatic rings. The molecule has 0 aliphatic carbocycles. The van der Waals surface area contributed by atoms with Gasteiger partial charge >= 0.3 is 0 Å². The maximum absolute atomic E-state index is 11.9. The van der Waals surface area contributed by atoms with Gasteiger partial charge in [0.05, 0.1) is 24.8 Å². The maximum Gasteiger partial charge on any atom is 0.191 e. The zero-order chi connectivity index (χ0) is 21.2. The molecular weight excluding hydrogens is 483 g/mol. The number of carbonyl (C=O) groups excluding carboxylic acids is 1. The minimum Gasteiger partial charge on any atom is -0.497 e. The van der Waals surface area contributed by atoms with E-state index in [9.17, 15) is 4.79 Å². The molecule has 0 amide bonds. The molecule has 0 N–H and O–H groups in total. The Kier molecular flexibility index (Phi) is 10.9. The Bertz CT molecular complexity index is 633. The van der Waals surface area contributed by atoms with Crippen molar-refractivity contribution in [3.8, 4) is 5.75 Å². The molecule has 0 saturated carbocycles. The normalized spacial score (nSPS) is 12.9. The van der Waals surface area contributed by atoms with Gasteiger partial charge in [0.25, 0.3) is 0 Å². The molecule has 0 aliphatic rings. The number of hydrogen-bond acceptors (Lipinski definition) is 4. The minimum atomic E-state index is -1.77. The minimum absolute atomic E-state index is 0.151. The zero-order valence-corrected chi connectivity index (χ0v) is 21.3. The third-order valence-corrected chi connectivity index (χ3v) is 10.5. The van der Waals surface area contributed by atoms with E-state index < -0.39 is 8.32 Å². The second kappa shape index (κ2) is 12.1. The first-order valence-corrected chi connectivity index (χ1v) is 14.2. The maximum atomic E-state index is 11.9. The number of benzene rings is 1. The topological polar surface area (TPSA) is 44.8 Å². The van der Waals surface area contributed by atoms with Gasteiger partial charge in [0, 0.05) is 6.61 Å². The van der Waals surface area contributed by atoms with Crippen molar-refractivity contribution in [1.29, 1.82) is 0 Å². The van der Waals surface area contributed by atoms with Crippen LogP contribution in [-0.4, -0.2) is 38.9 Å². The van der Waals surface area contributed by atoms with Crippen molar-refractivity contribution in [2.45, 2.75) is 58.4 Å². The molecule has 1 rings (SSSR count). The number of methoxy groups -OCH3 is 1. The summed E-state index contributed by atoms with van der Waals surface area (Å²) < 4.78 is 17.7. The molecule has 0 heterocycles. The highest BCUT2D eigenvalue weighted by Gasteiger charge is 2.36. The predicted octanol–water partition coefficient (Wildman–Crippen LogP) is 5.94. The van der Waals surface area contributed by atoms with Crippen LogP contribution in [0.3, 0.4) is 0 Å². The number of halogens is 1. The summed E-state index contributed by atoms with van der Waals surface area (Å²) in [6, 6.07) is 7.87. The van der Waals surface area contributed by atoms with E-state index in [4.69, 9.17) is 13.9 Å². The molecule has 0 saturated heterocycles. The van der Waals surface area contributed by atoms with E-state index in [-0.39, 0.29) is 10.8 Å². The number of ketones is 1. The van der Waals surface area contributed by atoms with Crippen LogP contribution in [0, 0.1) is 0 Å². The van der Waals surface area contributed by atoms with Gasteiger partial charge in [-0.1, -0.05) is 61.1 Å². The second-order valence-electron chi connectivity index (χ2n) is 8.41. The van der Waals surface area contributed by atoms with Gasteiger partial charge in [0.15, 0.2) is 14.1 Å². The summed E-state index contributed by atoms with van der Waals surface area (Å²) in [6.45, 7) is 13.0. The van der Waals surface area contributed by atoms with Crippen molar-refractivity contribution in [3.05, 3.63) is 41.5 Å². The van der Waals surface area contributed by atoms with Crippen molar-refractivity contribution in [1.82, 2.24) is 0 Å². The molecule has 6 heteroatoms. The summed E-state index contributed by atoms with van der Waals surface area (Å²) in [7, 11) is -0.107.